The van der Waals surface area contributed by atoms with Crippen molar-refractivity contribution < 1.29 is 14.3 Å². The van der Waals surface area contributed by atoms with E-state index in [4.69, 9.17) is 9.47 Å². The highest BCUT2D eigenvalue weighted by Crippen LogP contribution is 2.36. The maximum Gasteiger partial charge on any atom is 0.263 e. The van der Waals surface area contributed by atoms with E-state index in [0.717, 1.165) is 20.2 Å². The lowest BCUT2D eigenvalue weighted by molar-refractivity contribution is 0.0984. The number of nitrogens with zero attached hydrogens (tertiary/aromatic N) is 2. The van der Waals surface area contributed by atoms with Gasteiger partial charge in [0.2, 0.25) is 0 Å². The fourth-order valence-electron chi connectivity index (χ4n) is 2.98. The minimum absolute atomic E-state index is 0.135. The van der Waals surface area contributed by atoms with Crippen LogP contribution < -0.4 is 14.4 Å². The molecule has 0 N–H and O–H groups in total. The third-order valence-electron chi connectivity index (χ3n) is 4.19. The summed E-state index contributed by atoms with van der Waals surface area (Å²) in [4.78, 5) is 19.6. The summed E-state index contributed by atoms with van der Waals surface area (Å²) in [6, 6.07) is 13.3. The Morgan fingerprint density at radius 3 is 2.58 bits per heavy atom. The predicted molar refractivity (Wildman–Crippen MR) is 111 cm³/mol. The van der Waals surface area contributed by atoms with Crippen molar-refractivity contribution in [1.29, 1.82) is 0 Å². The van der Waals surface area contributed by atoms with Gasteiger partial charge in [-0.15, -0.1) is 0 Å². The third kappa shape index (κ3) is 3.21. The third-order valence-corrected chi connectivity index (χ3v) is 5.09. The molecule has 6 heteroatoms. The normalized spacial score (nSPS) is 10.6. The van der Waals surface area contributed by atoms with Gasteiger partial charge in [-0.25, -0.2) is 0 Å². The van der Waals surface area contributed by atoms with E-state index in [9.17, 15) is 4.79 Å². The Bertz CT molecular complexity index is 954. The van der Waals surface area contributed by atoms with Crippen LogP contribution in [0, 0.1) is 3.57 Å². The summed E-state index contributed by atoms with van der Waals surface area (Å²) < 4.78 is 11.7. The summed E-state index contributed by atoms with van der Waals surface area (Å²) in [5.41, 5.74) is 2.17. The molecule has 0 bridgehead atoms. The molecule has 5 nitrogen and oxygen atoms in total. The average Bonchev–Trinajstić information content (AvgIpc) is 2.68. The number of amides is 1. The summed E-state index contributed by atoms with van der Waals surface area (Å²) in [5, 5.41) is 0.932. The number of carbonyl (C=O) groups is 1. The molecular weight excluding hydrogens is 443 g/mol. The number of aromatic nitrogens is 1. The van der Waals surface area contributed by atoms with Gasteiger partial charge in [0.15, 0.2) is 11.5 Å². The van der Waals surface area contributed by atoms with Crippen LogP contribution in [0.2, 0.25) is 0 Å². The largest absolute Gasteiger partial charge is 0.493 e. The number of hydrogen-bond donors (Lipinski definition) is 0. The first-order valence-corrected chi connectivity index (χ1v) is 9.26. The van der Waals surface area contributed by atoms with Crippen LogP contribution in [0.4, 0.5) is 5.69 Å². The number of halogens is 1. The van der Waals surface area contributed by atoms with E-state index in [1.807, 2.05) is 43.3 Å². The molecule has 0 saturated heterocycles. The van der Waals surface area contributed by atoms with Crippen molar-refractivity contribution in [3.63, 3.8) is 0 Å². The minimum atomic E-state index is -0.135. The number of pyridine rings is 1. The Balaban J connectivity index is 2.17. The van der Waals surface area contributed by atoms with Crippen LogP contribution in [0.5, 0.6) is 11.5 Å². The van der Waals surface area contributed by atoms with Crippen LogP contribution in [-0.4, -0.2) is 31.7 Å². The van der Waals surface area contributed by atoms with Gasteiger partial charge in [-0.1, -0.05) is 18.2 Å². The molecule has 0 aliphatic carbocycles. The van der Waals surface area contributed by atoms with E-state index in [2.05, 4.69) is 27.6 Å². The van der Waals surface area contributed by atoms with Crippen molar-refractivity contribution in [1.82, 2.24) is 4.98 Å². The molecule has 26 heavy (non-hydrogen) atoms. The Morgan fingerprint density at radius 2 is 1.88 bits per heavy atom. The molecule has 1 aromatic heterocycles. The first-order chi connectivity index (χ1) is 12.6. The molecule has 0 unspecified atom stereocenters. The molecule has 134 valence electrons. The van der Waals surface area contributed by atoms with E-state index in [0.29, 0.717) is 23.6 Å². The topological polar surface area (TPSA) is 51.7 Å². The Kier molecular flexibility index (Phi) is 5.61. The lowest BCUT2D eigenvalue weighted by atomic mass is 10.1. The van der Waals surface area contributed by atoms with Gasteiger partial charge < -0.3 is 14.4 Å². The lowest BCUT2D eigenvalue weighted by Crippen LogP contribution is -2.32. The Hall–Kier alpha value is -2.35. The number of hydrogen-bond acceptors (Lipinski definition) is 4. The molecule has 0 atom stereocenters. The molecule has 3 rings (SSSR count). The van der Waals surface area contributed by atoms with E-state index < -0.39 is 0 Å². The first-order valence-electron chi connectivity index (χ1n) is 8.18. The van der Waals surface area contributed by atoms with Crippen LogP contribution in [0.3, 0.4) is 0 Å². The maximum atomic E-state index is 13.5. The van der Waals surface area contributed by atoms with Crippen molar-refractivity contribution in [2.45, 2.75) is 6.92 Å². The van der Waals surface area contributed by atoms with Gasteiger partial charge in [0, 0.05) is 21.7 Å². The van der Waals surface area contributed by atoms with Gasteiger partial charge in [0.1, 0.15) is 0 Å². The van der Waals surface area contributed by atoms with Crippen molar-refractivity contribution in [3.05, 3.63) is 57.8 Å². The second kappa shape index (κ2) is 7.90. The second-order valence-corrected chi connectivity index (χ2v) is 6.72. The van der Waals surface area contributed by atoms with Crippen LogP contribution in [0.25, 0.3) is 10.9 Å². The number of benzene rings is 2. The van der Waals surface area contributed by atoms with Crippen molar-refractivity contribution in [3.8, 4) is 11.5 Å². The number of fused-ring (bicyclic) bond motifs is 1. The van der Waals surface area contributed by atoms with Crippen molar-refractivity contribution in [2.24, 2.45) is 0 Å². The van der Waals surface area contributed by atoms with E-state index >= 15 is 0 Å². The molecule has 1 heterocycles. The Morgan fingerprint density at radius 1 is 1.12 bits per heavy atom. The zero-order chi connectivity index (χ0) is 18.7. The zero-order valence-electron chi connectivity index (χ0n) is 14.8. The Labute approximate surface area is 166 Å². The number of methoxy groups -OCH3 is 2. The molecule has 0 fully saturated rings. The van der Waals surface area contributed by atoms with Gasteiger partial charge in [-0.05, 0) is 53.8 Å². The molecule has 0 saturated carbocycles. The smallest absolute Gasteiger partial charge is 0.263 e. The standard InChI is InChI=1S/C20H19IN2O3/c1-4-23(16-11-12-22-15-8-6-5-7-13(15)16)20(24)18-14(21)9-10-17(25-2)19(18)26-3/h5-12H,4H2,1-3H3. The molecular formula is C20H19IN2O3. The first kappa shape index (κ1) is 18.4. The van der Waals surface area contributed by atoms with Crippen molar-refractivity contribution >= 4 is 45.1 Å². The van der Waals surface area contributed by atoms with Crippen LogP contribution in [0.15, 0.2) is 48.7 Å². The second-order valence-electron chi connectivity index (χ2n) is 5.55. The molecule has 1 amide bonds. The lowest BCUT2D eigenvalue weighted by Gasteiger charge is -2.24. The molecule has 0 spiro atoms. The highest BCUT2D eigenvalue weighted by atomic mass is 127. The molecule has 3 aromatic rings. The van der Waals surface area contributed by atoms with Crippen molar-refractivity contribution in [2.75, 3.05) is 25.7 Å². The summed E-state index contributed by atoms with van der Waals surface area (Å²) in [6.07, 6.45) is 1.72. The quantitative estimate of drug-likeness (QED) is 0.524. The fraction of sp³-hybridized carbons (Fsp3) is 0.200. The molecule has 2 aromatic carbocycles. The summed E-state index contributed by atoms with van der Waals surface area (Å²) in [5.74, 6) is 0.845. The summed E-state index contributed by atoms with van der Waals surface area (Å²) >= 11 is 2.15. The monoisotopic (exact) mass is 462 g/mol. The van der Waals surface area contributed by atoms with E-state index in [1.54, 1.807) is 31.4 Å². The van der Waals surface area contributed by atoms with E-state index in [1.165, 1.54) is 0 Å². The molecule has 0 aliphatic heterocycles. The van der Waals surface area contributed by atoms with Crippen LogP contribution >= 0.6 is 22.6 Å². The molecule has 0 radical (unpaired) electrons. The summed E-state index contributed by atoms with van der Waals surface area (Å²) in [7, 11) is 3.11. The van der Waals surface area contributed by atoms with Gasteiger partial charge in [0.25, 0.3) is 5.91 Å². The van der Waals surface area contributed by atoms with Crippen LogP contribution in [0.1, 0.15) is 17.3 Å². The highest BCUT2D eigenvalue weighted by molar-refractivity contribution is 14.1. The number of ether oxygens (including phenoxy) is 2. The number of carbonyl (C=O) groups excluding carboxylic acids is 1. The average molecular weight is 462 g/mol. The maximum absolute atomic E-state index is 13.5. The van der Waals surface area contributed by atoms with E-state index in [-0.39, 0.29) is 5.91 Å². The number of anilines is 1. The number of rotatable bonds is 5. The minimum Gasteiger partial charge on any atom is -0.493 e. The van der Waals surface area contributed by atoms with Gasteiger partial charge in [0.05, 0.1) is 31.0 Å². The van der Waals surface area contributed by atoms with Gasteiger partial charge in [-0.2, -0.15) is 0 Å². The number of para-hydroxylation sites is 1. The fourth-order valence-corrected chi connectivity index (χ4v) is 3.63. The molecule has 0 aliphatic rings. The predicted octanol–water partition coefficient (Wildman–Crippen LogP) is 4.52. The highest BCUT2D eigenvalue weighted by Gasteiger charge is 2.26. The van der Waals surface area contributed by atoms with Gasteiger partial charge in [-0.3, -0.25) is 9.78 Å². The summed E-state index contributed by atoms with van der Waals surface area (Å²) in [6.45, 7) is 2.47. The van der Waals surface area contributed by atoms with Gasteiger partial charge >= 0.3 is 0 Å². The zero-order valence-corrected chi connectivity index (χ0v) is 17.0. The SMILES string of the molecule is CCN(C(=O)c1c(I)ccc(OC)c1OC)c1ccnc2ccccc12. The van der Waals surface area contributed by atoms with Crippen LogP contribution in [-0.2, 0) is 0 Å².